The van der Waals surface area contributed by atoms with Gasteiger partial charge in [0.15, 0.2) is 0 Å². The molecular formula is C15H20N4. The van der Waals surface area contributed by atoms with Crippen molar-refractivity contribution in [2.75, 3.05) is 6.54 Å². The molecule has 1 fully saturated rings. The Morgan fingerprint density at radius 1 is 1.11 bits per heavy atom. The number of hydrogen-bond acceptors (Lipinski definition) is 3. The summed E-state index contributed by atoms with van der Waals surface area (Å²) in [6.45, 7) is 0.746. The third kappa shape index (κ3) is 2.28. The van der Waals surface area contributed by atoms with Crippen molar-refractivity contribution in [1.82, 2.24) is 14.8 Å². The minimum Gasteiger partial charge on any atom is -0.330 e. The predicted octanol–water partition coefficient (Wildman–Crippen LogP) is 2.43. The summed E-state index contributed by atoms with van der Waals surface area (Å²) in [4.78, 5) is 3.97. The van der Waals surface area contributed by atoms with Gasteiger partial charge >= 0.3 is 0 Å². The van der Waals surface area contributed by atoms with Gasteiger partial charge in [0, 0.05) is 12.0 Å². The van der Waals surface area contributed by atoms with Crippen molar-refractivity contribution in [3.63, 3.8) is 0 Å². The van der Waals surface area contributed by atoms with Gasteiger partial charge in [-0.2, -0.15) is 5.10 Å². The van der Waals surface area contributed by atoms with Crippen LogP contribution < -0.4 is 5.73 Å². The molecule has 100 valence electrons. The first-order valence-electron chi connectivity index (χ1n) is 7.00. The van der Waals surface area contributed by atoms with Crippen LogP contribution in [-0.4, -0.2) is 21.3 Å². The second kappa shape index (κ2) is 5.13. The fraction of sp³-hybridized carbons (Fsp3) is 0.467. The first-order valence-corrected chi connectivity index (χ1v) is 7.00. The summed E-state index contributed by atoms with van der Waals surface area (Å²) >= 11 is 0. The highest BCUT2D eigenvalue weighted by Crippen LogP contribution is 2.38. The molecule has 4 heteroatoms. The van der Waals surface area contributed by atoms with E-state index < -0.39 is 0 Å². The molecule has 2 N–H and O–H groups in total. The van der Waals surface area contributed by atoms with E-state index in [-0.39, 0.29) is 5.41 Å². The van der Waals surface area contributed by atoms with Crippen LogP contribution in [-0.2, 0) is 5.41 Å². The Hall–Kier alpha value is -1.68. The zero-order chi connectivity index (χ0) is 13.1. The summed E-state index contributed by atoms with van der Waals surface area (Å²) in [5, 5.41) is 4.15. The van der Waals surface area contributed by atoms with Crippen LogP contribution in [0.15, 0.2) is 36.9 Å². The van der Waals surface area contributed by atoms with Gasteiger partial charge < -0.3 is 5.73 Å². The highest BCUT2D eigenvalue weighted by atomic mass is 15.3. The largest absolute Gasteiger partial charge is 0.330 e. The van der Waals surface area contributed by atoms with Crippen LogP contribution in [0.3, 0.4) is 0 Å². The van der Waals surface area contributed by atoms with Crippen molar-refractivity contribution < 1.29 is 0 Å². The molecule has 3 rings (SSSR count). The van der Waals surface area contributed by atoms with Gasteiger partial charge in [0.05, 0.1) is 5.69 Å². The van der Waals surface area contributed by atoms with Crippen LogP contribution in [0.5, 0.6) is 0 Å². The molecule has 1 aromatic carbocycles. The maximum Gasteiger partial charge on any atom is 0.138 e. The van der Waals surface area contributed by atoms with Gasteiger partial charge in [-0.25, -0.2) is 9.67 Å². The van der Waals surface area contributed by atoms with E-state index in [0.717, 1.165) is 12.2 Å². The van der Waals surface area contributed by atoms with Crippen molar-refractivity contribution in [3.05, 3.63) is 42.5 Å². The van der Waals surface area contributed by atoms with E-state index >= 15 is 0 Å². The monoisotopic (exact) mass is 256 g/mol. The Morgan fingerprint density at radius 2 is 1.84 bits per heavy atom. The molecule has 0 amide bonds. The first kappa shape index (κ1) is 12.4. The lowest BCUT2D eigenvalue weighted by atomic mass is 9.69. The maximum absolute atomic E-state index is 6.08. The first-order chi connectivity index (χ1) is 9.34. The molecule has 0 atom stereocenters. The Morgan fingerprint density at radius 3 is 2.42 bits per heavy atom. The van der Waals surface area contributed by atoms with Gasteiger partial charge in [0.2, 0.25) is 0 Å². The molecule has 0 aliphatic heterocycles. The average Bonchev–Trinajstić information content (AvgIpc) is 3.02. The van der Waals surface area contributed by atoms with Gasteiger partial charge in [-0.3, -0.25) is 0 Å². The molecule has 0 bridgehead atoms. The molecular weight excluding hydrogens is 236 g/mol. The summed E-state index contributed by atoms with van der Waals surface area (Å²) < 4.78 is 1.78. The SMILES string of the molecule is NCC1(c2ccc(-n3cncn3)cc2)CCCCC1. The van der Waals surface area contributed by atoms with Crippen LogP contribution in [0.1, 0.15) is 37.7 Å². The maximum atomic E-state index is 6.08. The Balaban J connectivity index is 1.89. The normalized spacial score (nSPS) is 18.4. The van der Waals surface area contributed by atoms with E-state index in [1.54, 1.807) is 17.3 Å². The van der Waals surface area contributed by atoms with Gasteiger partial charge in [-0.15, -0.1) is 0 Å². The summed E-state index contributed by atoms with van der Waals surface area (Å²) in [6.07, 6.45) is 9.63. The second-order valence-corrected chi connectivity index (χ2v) is 5.43. The van der Waals surface area contributed by atoms with Crippen molar-refractivity contribution in [1.29, 1.82) is 0 Å². The number of benzene rings is 1. The third-order valence-electron chi connectivity index (χ3n) is 4.36. The fourth-order valence-corrected chi connectivity index (χ4v) is 3.15. The number of rotatable bonds is 3. The van der Waals surface area contributed by atoms with Gasteiger partial charge in [-0.1, -0.05) is 31.4 Å². The van der Waals surface area contributed by atoms with Crippen molar-refractivity contribution in [2.24, 2.45) is 5.73 Å². The number of hydrogen-bond donors (Lipinski definition) is 1. The van der Waals surface area contributed by atoms with Gasteiger partial charge in [-0.05, 0) is 30.5 Å². The summed E-state index contributed by atoms with van der Waals surface area (Å²) in [5.74, 6) is 0. The third-order valence-corrected chi connectivity index (χ3v) is 4.36. The van der Waals surface area contributed by atoms with E-state index in [0.29, 0.717) is 0 Å². The smallest absolute Gasteiger partial charge is 0.138 e. The highest BCUT2D eigenvalue weighted by Gasteiger charge is 2.32. The van der Waals surface area contributed by atoms with Crippen LogP contribution in [0.2, 0.25) is 0 Å². The van der Waals surface area contributed by atoms with Crippen LogP contribution >= 0.6 is 0 Å². The molecule has 0 saturated heterocycles. The standard InChI is InChI=1S/C15H20N4/c16-10-15(8-2-1-3-9-15)13-4-6-14(7-5-13)19-12-17-11-18-19/h4-7,11-12H,1-3,8-10,16H2. The molecule has 0 unspecified atom stereocenters. The second-order valence-electron chi connectivity index (χ2n) is 5.43. The Labute approximate surface area is 113 Å². The fourth-order valence-electron chi connectivity index (χ4n) is 3.15. The Bertz CT molecular complexity index is 510. The predicted molar refractivity (Wildman–Crippen MR) is 75.2 cm³/mol. The Kier molecular flexibility index (Phi) is 3.34. The van der Waals surface area contributed by atoms with Crippen molar-refractivity contribution >= 4 is 0 Å². The van der Waals surface area contributed by atoms with Crippen LogP contribution in [0.4, 0.5) is 0 Å². The lowest BCUT2D eigenvalue weighted by Crippen LogP contribution is -2.37. The molecule has 2 aromatic rings. The lowest BCUT2D eigenvalue weighted by Gasteiger charge is -2.36. The van der Waals surface area contributed by atoms with Crippen LogP contribution in [0, 0.1) is 0 Å². The lowest BCUT2D eigenvalue weighted by molar-refractivity contribution is 0.301. The molecule has 0 radical (unpaired) electrons. The molecule has 0 spiro atoms. The molecule has 1 aliphatic carbocycles. The summed E-state index contributed by atoms with van der Waals surface area (Å²) in [7, 11) is 0. The minimum absolute atomic E-state index is 0.194. The minimum atomic E-state index is 0.194. The van der Waals surface area contributed by atoms with Gasteiger partial charge in [0.25, 0.3) is 0 Å². The quantitative estimate of drug-likeness (QED) is 0.917. The topological polar surface area (TPSA) is 56.7 Å². The zero-order valence-corrected chi connectivity index (χ0v) is 11.1. The average molecular weight is 256 g/mol. The van der Waals surface area contributed by atoms with E-state index in [1.807, 2.05) is 0 Å². The van der Waals surface area contributed by atoms with E-state index in [9.17, 15) is 0 Å². The van der Waals surface area contributed by atoms with E-state index in [1.165, 1.54) is 37.7 Å². The van der Waals surface area contributed by atoms with Crippen molar-refractivity contribution in [2.45, 2.75) is 37.5 Å². The molecule has 1 heterocycles. The van der Waals surface area contributed by atoms with E-state index in [4.69, 9.17) is 5.73 Å². The molecule has 1 aromatic heterocycles. The van der Waals surface area contributed by atoms with Crippen LogP contribution in [0.25, 0.3) is 5.69 Å². The number of aromatic nitrogens is 3. The molecule has 4 nitrogen and oxygen atoms in total. The van der Waals surface area contributed by atoms with E-state index in [2.05, 4.69) is 34.3 Å². The summed E-state index contributed by atoms with van der Waals surface area (Å²) in [5.41, 5.74) is 8.69. The number of nitrogens with two attached hydrogens (primary N) is 1. The zero-order valence-electron chi connectivity index (χ0n) is 11.1. The highest BCUT2D eigenvalue weighted by molar-refractivity contribution is 5.37. The molecule has 1 aliphatic rings. The molecule has 19 heavy (non-hydrogen) atoms. The summed E-state index contributed by atoms with van der Waals surface area (Å²) in [6, 6.07) is 8.62. The number of nitrogens with zero attached hydrogens (tertiary/aromatic N) is 3. The van der Waals surface area contributed by atoms with Gasteiger partial charge in [0.1, 0.15) is 12.7 Å². The molecule has 1 saturated carbocycles. The van der Waals surface area contributed by atoms with Crippen molar-refractivity contribution in [3.8, 4) is 5.69 Å².